The average molecular weight is 298 g/mol. The van der Waals surface area contributed by atoms with Crippen molar-refractivity contribution in [2.45, 2.75) is 53.0 Å². The van der Waals surface area contributed by atoms with Gasteiger partial charge in [-0.25, -0.2) is 9.97 Å². The monoisotopic (exact) mass is 298 g/mol. The van der Waals surface area contributed by atoms with Gasteiger partial charge in [-0.3, -0.25) is 0 Å². The fraction of sp³-hybridized carbons (Fsp3) is 0.444. The summed E-state index contributed by atoms with van der Waals surface area (Å²) in [6.07, 6.45) is 1.06. The van der Waals surface area contributed by atoms with Gasteiger partial charge < -0.3 is 10.6 Å². The second-order valence-corrected chi connectivity index (χ2v) is 6.01. The van der Waals surface area contributed by atoms with Crippen molar-refractivity contribution in [2.75, 3.05) is 10.6 Å². The van der Waals surface area contributed by atoms with Gasteiger partial charge in [0, 0.05) is 17.8 Å². The number of rotatable bonds is 6. The second-order valence-electron chi connectivity index (χ2n) is 6.01. The third-order valence-corrected chi connectivity index (χ3v) is 3.69. The van der Waals surface area contributed by atoms with E-state index in [1.165, 1.54) is 5.56 Å². The topological polar surface area (TPSA) is 49.8 Å². The zero-order valence-corrected chi connectivity index (χ0v) is 14.1. The zero-order chi connectivity index (χ0) is 16.1. The average Bonchev–Trinajstić information content (AvgIpc) is 2.46. The molecule has 4 heteroatoms. The number of para-hydroxylation sites is 1. The maximum Gasteiger partial charge on any atom is 0.136 e. The number of hydrogen-bond donors (Lipinski definition) is 2. The van der Waals surface area contributed by atoms with Gasteiger partial charge in [0.05, 0.1) is 0 Å². The van der Waals surface area contributed by atoms with Crippen molar-refractivity contribution >= 4 is 17.3 Å². The Balaban J connectivity index is 2.26. The Morgan fingerprint density at radius 1 is 1.05 bits per heavy atom. The van der Waals surface area contributed by atoms with E-state index in [2.05, 4.69) is 66.5 Å². The highest BCUT2D eigenvalue weighted by Gasteiger charge is 2.09. The molecule has 0 spiro atoms. The van der Waals surface area contributed by atoms with E-state index in [0.717, 1.165) is 29.6 Å². The molecule has 118 valence electrons. The van der Waals surface area contributed by atoms with Crippen molar-refractivity contribution in [2.24, 2.45) is 0 Å². The normalized spacial score (nSPS) is 12.3. The predicted octanol–water partition coefficient (Wildman–Crippen LogP) is 4.86. The van der Waals surface area contributed by atoms with E-state index in [-0.39, 0.29) is 0 Å². The largest absolute Gasteiger partial charge is 0.367 e. The van der Waals surface area contributed by atoms with Crippen LogP contribution in [-0.2, 0) is 0 Å². The van der Waals surface area contributed by atoms with Crippen LogP contribution in [0.5, 0.6) is 0 Å². The SMILES string of the molecule is CCC(C)Nc1cc(Nc2ccccc2C(C)C)nc(C)n1. The maximum atomic E-state index is 4.50. The number of nitrogens with zero attached hydrogens (tertiary/aromatic N) is 2. The predicted molar refractivity (Wildman–Crippen MR) is 94.0 cm³/mol. The van der Waals surface area contributed by atoms with E-state index >= 15 is 0 Å². The van der Waals surface area contributed by atoms with Gasteiger partial charge in [-0.1, -0.05) is 39.0 Å². The molecule has 0 bridgehead atoms. The maximum absolute atomic E-state index is 4.50. The van der Waals surface area contributed by atoms with Gasteiger partial charge in [0.25, 0.3) is 0 Å². The van der Waals surface area contributed by atoms with E-state index in [1.54, 1.807) is 0 Å². The van der Waals surface area contributed by atoms with E-state index in [1.807, 2.05) is 19.1 Å². The molecule has 0 aliphatic heterocycles. The Labute approximate surface area is 133 Å². The fourth-order valence-electron chi connectivity index (χ4n) is 2.31. The molecule has 1 unspecified atom stereocenters. The first-order chi connectivity index (χ1) is 10.5. The molecule has 4 nitrogen and oxygen atoms in total. The van der Waals surface area contributed by atoms with Gasteiger partial charge in [-0.2, -0.15) is 0 Å². The Morgan fingerprint density at radius 3 is 2.41 bits per heavy atom. The van der Waals surface area contributed by atoms with Crippen molar-refractivity contribution in [1.82, 2.24) is 9.97 Å². The summed E-state index contributed by atoms with van der Waals surface area (Å²) in [4.78, 5) is 8.96. The van der Waals surface area contributed by atoms with Crippen LogP contribution in [0.15, 0.2) is 30.3 Å². The molecule has 0 radical (unpaired) electrons. The van der Waals surface area contributed by atoms with Gasteiger partial charge in [0.15, 0.2) is 0 Å². The fourth-order valence-corrected chi connectivity index (χ4v) is 2.31. The lowest BCUT2D eigenvalue weighted by molar-refractivity contribution is 0.757. The van der Waals surface area contributed by atoms with Gasteiger partial charge in [0.1, 0.15) is 17.5 Å². The van der Waals surface area contributed by atoms with Crippen LogP contribution in [0.1, 0.15) is 51.4 Å². The van der Waals surface area contributed by atoms with Gasteiger partial charge in [0.2, 0.25) is 0 Å². The molecule has 22 heavy (non-hydrogen) atoms. The summed E-state index contributed by atoms with van der Waals surface area (Å²) in [6.45, 7) is 10.6. The first-order valence-electron chi connectivity index (χ1n) is 7.97. The summed E-state index contributed by atoms with van der Waals surface area (Å²) in [7, 11) is 0. The Hall–Kier alpha value is -2.10. The number of anilines is 3. The highest BCUT2D eigenvalue weighted by Crippen LogP contribution is 2.26. The van der Waals surface area contributed by atoms with E-state index in [0.29, 0.717) is 12.0 Å². The molecule has 1 aromatic carbocycles. The van der Waals surface area contributed by atoms with Crippen molar-refractivity contribution in [3.63, 3.8) is 0 Å². The van der Waals surface area contributed by atoms with Gasteiger partial charge >= 0.3 is 0 Å². The van der Waals surface area contributed by atoms with E-state index < -0.39 is 0 Å². The van der Waals surface area contributed by atoms with Crippen LogP contribution in [0.2, 0.25) is 0 Å². The van der Waals surface area contributed by atoms with Crippen LogP contribution in [0.25, 0.3) is 0 Å². The van der Waals surface area contributed by atoms with Crippen LogP contribution in [0, 0.1) is 6.92 Å². The van der Waals surface area contributed by atoms with Crippen LogP contribution < -0.4 is 10.6 Å². The van der Waals surface area contributed by atoms with Gasteiger partial charge in [-0.15, -0.1) is 0 Å². The number of benzene rings is 1. The van der Waals surface area contributed by atoms with Gasteiger partial charge in [-0.05, 0) is 37.8 Å². The minimum atomic E-state index is 0.394. The Morgan fingerprint density at radius 2 is 1.73 bits per heavy atom. The molecular weight excluding hydrogens is 272 g/mol. The third kappa shape index (κ3) is 4.20. The smallest absolute Gasteiger partial charge is 0.136 e. The summed E-state index contributed by atoms with van der Waals surface area (Å²) in [5.74, 6) is 2.92. The van der Waals surface area contributed by atoms with Crippen molar-refractivity contribution in [3.8, 4) is 0 Å². The molecule has 2 N–H and O–H groups in total. The molecule has 2 rings (SSSR count). The van der Waals surface area contributed by atoms with Crippen molar-refractivity contribution in [3.05, 3.63) is 41.7 Å². The van der Waals surface area contributed by atoms with Crippen molar-refractivity contribution < 1.29 is 0 Å². The highest BCUT2D eigenvalue weighted by atomic mass is 15.1. The highest BCUT2D eigenvalue weighted by molar-refractivity contribution is 5.63. The lowest BCUT2D eigenvalue weighted by Gasteiger charge is -2.16. The lowest BCUT2D eigenvalue weighted by Crippen LogP contribution is -2.15. The minimum Gasteiger partial charge on any atom is -0.367 e. The summed E-state index contributed by atoms with van der Waals surface area (Å²) in [5, 5.41) is 6.84. The van der Waals surface area contributed by atoms with E-state index in [9.17, 15) is 0 Å². The standard InChI is InChI=1S/C18H26N4/c1-6-13(4)19-17-11-18(21-14(5)20-17)22-16-10-8-7-9-15(16)12(2)3/h7-13H,6H2,1-5H3,(H2,19,20,21,22). The molecule has 2 aromatic rings. The quantitative estimate of drug-likeness (QED) is 0.799. The third-order valence-electron chi connectivity index (χ3n) is 3.69. The van der Waals surface area contributed by atoms with Crippen molar-refractivity contribution in [1.29, 1.82) is 0 Å². The summed E-state index contributed by atoms with van der Waals surface area (Å²) >= 11 is 0. The summed E-state index contributed by atoms with van der Waals surface area (Å²) in [6, 6.07) is 10.7. The first-order valence-corrected chi connectivity index (χ1v) is 7.97. The molecular formula is C18H26N4. The molecule has 0 amide bonds. The molecule has 0 saturated heterocycles. The first kappa shape index (κ1) is 16.3. The number of hydrogen-bond acceptors (Lipinski definition) is 4. The molecule has 0 aliphatic carbocycles. The second kappa shape index (κ2) is 7.25. The van der Waals surface area contributed by atoms with Crippen LogP contribution in [0.3, 0.4) is 0 Å². The summed E-state index contributed by atoms with van der Waals surface area (Å²) in [5.41, 5.74) is 2.39. The van der Waals surface area contributed by atoms with E-state index in [4.69, 9.17) is 0 Å². The number of nitrogens with one attached hydrogen (secondary N) is 2. The molecule has 1 aromatic heterocycles. The summed E-state index contributed by atoms with van der Waals surface area (Å²) < 4.78 is 0. The number of aromatic nitrogens is 2. The molecule has 0 saturated carbocycles. The van der Waals surface area contributed by atoms with Crippen LogP contribution in [0.4, 0.5) is 17.3 Å². The Bertz CT molecular complexity index is 622. The molecule has 1 heterocycles. The molecule has 0 fully saturated rings. The zero-order valence-electron chi connectivity index (χ0n) is 14.1. The Kier molecular flexibility index (Phi) is 5.36. The number of aryl methyl sites for hydroxylation is 1. The minimum absolute atomic E-state index is 0.394. The lowest BCUT2D eigenvalue weighted by atomic mass is 10.0. The van der Waals surface area contributed by atoms with Crippen LogP contribution in [-0.4, -0.2) is 16.0 Å². The molecule has 0 aliphatic rings. The molecule has 1 atom stereocenters. The van der Waals surface area contributed by atoms with Crippen LogP contribution >= 0.6 is 0 Å².